The van der Waals surface area contributed by atoms with Gasteiger partial charge in [-0.1, -0.05) is 29.8 Å². The summed E-state index contributed by atoms with van der Waals surface area (Å²) in [7, 11) is 0. The van der Waals surface area contributed by atoms with Crippen molar-refractivity contribution in [1.29, 1.82) is 0 Å². The molecule has 1 aliphatic heterocycles. The number of aryl methyl sites for hydroxylation is 3. The van der Waals surface area contributed by atoms with E-state index in [0.717, 1.165) is 25.0 Å². The predicted molar refractivity (Wildman–Crippen MR) is 104 cm³/mol. The second-order valence-electron chi connectivity index (χ2n) is 7.80. The van der Waals surface area contributed by atoms with Crippen LogP contribution in [0.5, 0.6) is 5.75 Å². The van der Waals surface area contributed by atoms with E-state index in [0.29, 0.717) is 31.3 Å². The smallest absolute Gasteiger partial charge is 0.254 e. The van der Waals surface area contributed by atoms with Gasteiger partial charge in [0.05, 0.1) is 13.1 Å². The number of rotatable bonds is 6. The first-order valence-corrected chi connectivity index (χ1v) is 9.73. The highest BCUT2D eigenvalue weighted by molar-refractivity contribution is 5.77. The molecule has 2 aliphatic rings. The zero-order valence-corrected chi connectivity index (χ0v) is 16.0. The summed E-state index contributed by atoms with van der Waals surface area (Å²) in [5, 5.41) is 0. The van der Waals surface area contributed by atoms with Crippen LogP contribution < -0.4 is 10.3 Å². The lowest BCUT2D eigenvalue weighted by molar-refractivity contribution is -0.139. The van der Waals surface area contributed by atoms with Crippen LogP contribution >= 0.6 is 0 Å². The van der Waals surface area contributed by atoms with Gasteiger partial charge in [-0.2, -0.15) is 0 Å². The van der Waals surface area contributed by atoms with E-state index in [2.05, 4.69) is 25.1 Å². The Hall–Kier alpha value is -2.56. The minimum Gasteiger partial charge on any atom is -0.486 e. The lowest BCUT2D eigenvalue weighted by atomic mass is 10.1. The molecule has 1 saturated carbocycles. The molecule has 1 aliphatic carbocycles. The molecule has 27 heavy (non-hydrogen) atoms. The topological polar surface area (TPSA) is 51.5 Å². The van der Waals surface area contributed by atoms with Crippen LogP contribution in [-0.4, -0.2) is 34.6 Å². The van der Waals surface area contributed by atoms with E-state index in [1.165, 1.54) is 11.1 Å². The molecular weight excluding hydrogens is 340 g/mol. The predicted octanol–water partition coefficient (Wildman–Crippen LogP) is 3.02. The number of aromatic nitrogens is 1. The first-order valence-electron chi connectivity index (χ1n) is 9.73. The third-order valence-corrected chi connectivity index (χ3v) is 5.36. The second-order valence-corrected chi connectivity index (χ2v) is 7.80. The third-order valence-electron chi connectivity index (χ3n) is 5.36. The number of nitrogens with zero attached hydrogens (tertiary/aromatic N) is 2. The van der Waals surface area contributed by atoms with Crippen LogP contribution in [-0.2, 0) is 11.2 Å². The number of carbonyl (C=O) groups is 1. The maximum atomic E-state index is 12.3. The summed E-state index contributed by atoms with van der Waals surface area (Å²) in [6.45, 7) is 5.21. The van der Waals surface area contributed by atoms with E-state index in [1.54, 1.807) is 6.07 Å². The fourth-order valence-electron chi connectivity index (χ4n) is 3.74. The molecule has 2 fully saturated rings. The highest BCUT2D eigenvalue weighted by atomic mass is 16.5. The molecule has 142 valence electrons. The number of ether oxygens (including phenoxy) is 1. The van der Waals surface area contributed by atoms with Crippen molar-refractivity contribution in [2.75, 3.05) is 13.1 Å². The van der Waals surface area contributed by atoms with Crippen molar-refractivity contribution in [2.24, 2.45) is 0 Å². The average Bonchev–Trinajstić information content (AvgIpc) is 3.40. The Kier molecular flexibility index (Phi) is 4.77. The Morgan fingerprint density at radius 1 is 1.15 bits per heavy atom. The van der Waals surface area contributed by atoms with Crippen LogP contribution in [0.15, 0.2) is 41.2 Å². The first-order chi connectivity index (χ1) is 13.0. The molecule has 2 heterocycles. The summed E-state index contributed by atoms with van der Waals surface area (Å²) in [6.07, 6.45) is 3.43. The van der Waals surface area contributed by atoms with Crippen LogP contribution in [0.3, 0.4) is 0 Å². The minimum absolute atomic E-state index is 0.0120. The van der Waals surface area contributed by atoms with Gasteiger partial charge in [-0.15, -0.1) is 0 Å². The van der Waals surface area contributed by atoms with E-state index < -0.39 is 0 Å². The Balaban J connectivity index is 1.27. The van der Waals surface area contributed by atoms with Crippen LogP contribution in [0.4, 0.5) is 0 Å². The normalized spacial score (nSPS) is 16.9. The molecule has 2 aromatic rings. The number of hydrogen-bond acceptors (Lipinski definition) is 3. The number of hydrogen-bond donors (Lipinski definition) is 0. The highest BCUT2D eigenvalue weighted by Gasteiger charge is 2.32. The molecule has 5 nitrogen and oxygen atoms in total. The van der Waals surface area contributed by atoms with Crippen molar-refractivity contribution in [3.63, 3.8) is 0 Å². The Morgan fingerprint density at radius 3 is 2.59 bits per heavy atom. The van der Waals surface area contributed by atoms with Crippen LogP contribution in [0.2, 0.25) is 0 Å². The van der Waals surface area contributed by atoms with Gasteiger partial charge in [-0.3, -0.25) is 9.59 Å². The molecule has 0 radical (unpaired) electrons. The Labute approximate surface area is 159 Å². The van der Waals surface area contributed by atoms with E-state index >= 15 is 0 Å². The zero-order valence-electron chi connectivity index (χ0n) is 16.0. The van der Waals surface area contributed by atoms with Crippen molar-refractivity contribution in [3.05, 3.63) is 63.6 Å². The summed E-state index contributed by atoms with van der Waals surface area (Å²) < 4.78 is 7.77. The number of amides is 1. The maximum Gasteiger partial charge on any atom is 0.254 e. The lowest BCUT2D eigenvalue weighted by Gasteiger charge is -2.39. The van der Waals surface area contributed by atoms with Gasteiger partial charge in [-0.25, -0.2) is 0 Å². The summed E-state index contributed by atoms with van der Waals surface area (Å²) in [6, 6.07) is 12.2. The highest BCUT2D eigenvalue weighted by Crippen LogP contribution is 2.35. The van der Waals surface area contributed by atoms with Crippen molar-refractivity contribution < 1.29 is 9.53 Å². The van der Waals surface area contributed by atoms with Gasteiger partial charge in [0, 0.05) is 24.2 Å². The molecule has 1 saturated heterocycles. The molecule has 1 aromatic carbocycles. The fraction of sp³-hybridized carbons (Fsp3) is 0.455. The summed E-state index contributed by atoms with van der Waals surface area (Å²) >= 11 is 0. The zero-order chi connectivity index (χ0) is 19.0. The summed E-state index contributed by atoms with van der Waals surface area (Å²) in [4.78, 5) is 26.4. The Bertz CT molecular complexity index is 908. The standard InChI is InChI=1S/C22H26N2O3/c1-15-4-3-5-17(10-15)6-9-21(25)23-13-20(14-23)27-19-11-16(2)24(18-7-8-18)22(26)12-19/h3-5,10-12,18,20H,6-9,13-14H2,1-2H3. The molecule has 1 aromatic heterocycles. The first kappa shape index (κ1) is 17.8. The molecule has 0 unspecified atom stereocenters. The molecular formula is C22H26N2O3. The quantitative estimate of drug-likeness (QED) is 0.790. The van der Waals surface area contributed by atoms with Crippen molar-refractivity contribution in [3.8, 4) is 5.75 Å². The van der Waals surface area contributed by atoms with Gasteiger partial charge < -0.3 is 14.2 Å². The average molecular weight is 366 g/mol. The van der Waals surface area contributed by atoms with Gasteiger partial charge in [0.1, 0.15) is 11.9 Å². The monoisotopic (exact) mass is 366 g/mol. The molecule has 0 N–H and O–H groups in total. The molecule has 0 atom stereocenters. The molecule has 5 heteroatoms. The van der Waals surface area contributed by atoms with Crippen molar-refractivity contribution in [1.82, 2.24) is 9.47 Å². The lowest BCUT2D eigenvalue weighted by Crippen LogP contribution is -2.56. The maximum absolute atomic E-state index is 12.3. The largest absolute Gasteiger partial charge is 0.486 e. The van der Waals surface area contributed by atoms with Gasteiger partial charge in [-0.05, 0) is 44.7 Å². The molecule has 1 amide bonds. The van der Waals surface area contributed by atoms with Gasteiger partial charge in [0.2, 0.25) is 5.91 Å². The van der Waals surface area contributed by atoms with E-state index in [4.69, 9.17) is 4.74 Å². The number of pyridine rings is 1. The molecule has 4 rings (SSSR count). The minimum atomic E-state index is -0.0245. The summed E-state index contributed by atoms with van der Waals surface area (Å²) in [5.74, 6) is 0.781. The van der Waals surface area contributed by atoms with Crippen molar-refractivity contribution in [2.45, 2.75) is 51.7 Å². The number of carbonyl (C=O) groups excluding carboxylic acids is 1. The Morgan fingerprint density at radius 2 is 1.93 bits per heavy atom. The van der Waals surface area contributed by atoms with Gasteiger partial charge in [0.25, 0.3) is 5.56 Å². The van der Waals surface area contributed by atoms with Crippen LogP contribution in [0, 0.1) is 13.8 Å². The number of benzene rings is 1. The van der Waals surface area contributed by atoms with E-state index in [1.807, 2.05) is 28.5 Å². The fourth-order valence-corrected chi connectivity index (χ4v) is 3.74. The van der Waals surface area contributed by atoms with E-state index in [9.17, 15) is 9.59 Å². The SMILES string of the molecule is Cc1cccc(CCC(=O)N2CC(Oc3cc(C)n(C4CC4)c(=O)c3)C2)c1. The summed E-state index contributed by atoms with van der Waals surface area (Å²) in [5.41, 5.74) is 3.38. The number of likely N-dealkylation sites (tertiary alicyclic amines) is 1. The van der Waals surface area contributed by atoms with Gasteiger partial charge >= 0.3 is 0 Å². The molecule has 0 bridgehead atoms. The van der Waals surface area contributed by atoms with Crippen molar-refractivity contribution >= 4 is 5.91 Å². The molecule has 0 spiro atoms. The third kappa shape index (κ3) is 4.07. The van der Waals surface area contributed by atoms with E-state index in [-0.39, 0.29) is 17.6 Å². The van der Waals surface area contributed by atoms with Crippen LogP contribution in [0.1, 0.15) is 42.1 Å². The second kappa shape index (κ2) is 7.22. The van der Waals surface area contributed by atoms with Crippen LogP contribution in [0.25, 0.3) is 0 Å². The van der Waals surface area contributed by atoms with Gasteiger partial charge in [0.15, 0.2) is 0 Å².